The van der Waals surface area contributed by atoms with Crippen LogP contribution in [-0.4, -0.2) is 42.6 Å². The predicted molar refractivity (Wildman–Crippen MR) is 61.6 cm³/mol. The number of hydrogen-bond donors (Lipinski definition) is 0. The molecule has 0 aromatic carbocycles. The van der Waals surface area contributed by atoms with Crippen LogP contribution in [0.4, 0.5) is 0 Å². The second kappa shape index (κ2) is 8.97. The predicted octanol–water partition coefficient (Wildman–Crippen LogP) is 2.52. The van der Waals surface area contributed by atoms with Crippen molar-refractivity contribution in [1.82, 2.24) is 4.90 Å². The van der Waals surface area contributed by atoms with Gasteiger partial charge in [0.05, 0.1) is 0 Å². The Bertz CT molecular complexity index is 109. The molecule has 0 rings (SSSR count). The Hall–Kier alpha value is 0.400. The fraction of sp³-hybridized carbons (Fsp3) is 1.00. The van der Waals surface area contributed by atoms with Crippen molar-refractivity contribution >= 4 is 15.9 Å². The maximum absolute atomic E-state index is 5.30. The van der Waals surface area contributed by atoms with Crippen LogP contribution in [-0.2, 0) is 4.74 Å². The summed E-state index contributed by atoms with van der Waals surface area (Å²) in [5, 5.41) is 1.06. The maximum atomic E-state index is 5.30. The first-order valence-electron chi connectivity index (χ1n) is 5.10. The quantitative estimate of drug-likeness (QED) is 0.486. The molecule has 0 amide bonds. The number of hydrogen-bond acceptors (Lipinski definition) is 2. The lowest BCUT2D eigenvalue weighted by atomic mass is 10.3. The highest BCUT2D eigenvalue weighted by Gasteiger charge is 2.06. The van der Waals surface area contributed by atoms with E-state index in [1.165, 1.54) is 0 Å². The van der Waals surface area contributed by atoms with E-state index in [1.807, 2.05) is 6.92 Å². The first kappa shape index (κ1) is 13.4. The van der Waals surface area contributed by atoms with Crippen LogP contribution in [0.25, 0.3) is 0 Å². The Morgan fingerprint density at radius 3 is 2.46 bits per heavy atom. The van der Waals surface area contributed by atoms with E-state index in [4.69, 9.17) is 4.74 Å². The minimum atomic E-state index is 0.638. The van der Waals surface area contributed by atoms with E-state index in [-0.39, 0.29) is 0 Å². The molecule has 0 aromatic heterocycles. The van der Waals surface area contributed by atoms with E-state index in [9.17, 15) is 0 Å². The van der Waals surface area contributed by atoms with Gasteiger partial charge in [0.2, 0.25) is 0 Å². The Morgan fingerprint density at radius 2 is 2.00 bits per heavy atom. The van der Waals surface area contributed by atoms with Gasteiger partial charge < -0.3 is 9.64 Å². The summed E-state index contributed by atoms with van der Waals surface area (Å²) < 4.78 is 5.30. The number of alkyl halides is 1. The Labute approximate surface area is 90.8 Å². The minimum absolute atomic E-state index is 0.638. The highest BCUT2D eigenvalue weighted by molar-refractivity contribution is 9.09. The van der Waals surface area contributed by atoms with E-state index in [2.05, 4.69) is 34.7 Å². The summed E-state index contributed by atoms with van der Waals surface area (Å²) in [4.78, 5) is 2.47. The first-order valence-corrected chi connectivity index (χ1v) is 6.22. The van der Waals surface area contributed by atoms with Crippen molar-refractivity contribution in [1.29, 1.82) is 0 Å². The fourth-order valence-corrected chi connectivity index (χ4v) is 1.71. The van der Waals surface area contributed by atoms with Crippen molar-refractivity contribution in [3.63, 3.8) is 0 Å². The molecule has 0 atom stereocenters. The molecule has 0 aliphatic rings. The third-order valence-corrected chi connectivity index (χ3v) is 2.39. The van der Waals surface area contributed by atoms with Crippen molar-refractivity contribution in [3.8, 4) is 0 Å². The van der Waals surface area contributed by atoms with Gasteiger partial charge in [-0.05, 0) is 27.2 Å². The van der Waals surface area contributed by atoms with Gasteiger partial charge in [-0.25, -0.2) is 0 Å². The van der Waals surface area contributed by atoms with Gasteiger partial charge in [-0.1, -0.05) is 15.9 Å². The van der Waals surface area contributed by atoms with Crippen molar-refractivity contribution < 1.29 is 4.74 Å². The second-order valence-corrected chi connectivity index (χ2v) is 4.16. The monoisotopic (exact) mass is 251 g/mol. The summed E-state index contributed by atoms with van der Waals surface area (Å²) in [6.45, 7) is 10.5. The molecule has 3 heteroatoms. The van der Waals surface area contributed by atoms with Crippen LogP contribution in [0.3, 0.4) is 0 Å². The van der Waals surface area contributed by atoms with Crippen LogP contribution in [0, 0.1) is 0 Å². The van der Waals surface area contributed by atoms with Gasteiger partial charge in [0.15, 0.2) is 0 Å². The van der Waals surface area contributed by atoms with Gasteiger partial charge in [0.25, 0.3) is 0 Å². The zero-order valence-corrected chi connectivity index (χ0v) is 10.6. The third kappa shape index (κ3) is 7.47. The van der Waals surface area contributed by atoms with Crippen LogP contribution in [0.1, 0.15) is 27.2 Å². The van der Waals surface area contributed by atoms with Gasteiger partial charge in [-0.15, -0.1) is 0 Å². The van der Waals surface area contributed by atoms with Crippen LogP contribution in [0.15, 0.2) is 0 Å². The highest BCUT2D eigenvalue weighted by Crippen LogP contribution is 2.00. The second-order valence-electron chi connectivity index (χ2n) is 3.37. The van der Waals surface area contributed by atoms with E-state index in [0.29, 0.717) is 6.04 Å². The van der Waals surface area contributed by atoms with Crippen molar-refractivity contribution in [2.45, 2.75) is 33.2 Å². The molecule has 0 saturated heterocycles. The fourth-order valence-electron chi connectivity index (χ4n) is 1.25. The topological polar surface area (TPSA) is 12.5 Å². The maximum Gasteiger partial charge on any atom is 0.0478 e. The summed E-state index contributed by atoms with van der Waals surface area (Å²) in [6, 6.07) is 0.638. The summed E-state index contributed by atoms with van der Waals surface area (Å²) >= 11 is 3.47. The molecule has 0 N–H and O–H groups in total. The number of ether oxygens (including phenoxy) is 1. The molecule has 0 radical (unpaired) electrons. The van der Waals surface area contributed by atoms with Crippen molar-refractivity contribution in [2.24, 2.45) is 0 Å². The molecule has 13 heavy (non-hydrogen) atoms. The highest BCUT2D eigenvalue weighted by atomic mass is 79.9. The molecule has 0 spiro atoms. The standard InChI is InChI=1S/C10H22BrNO/c1-4-13-9-5-7-12(8-6-11)10(2)3/h10H,4-9H2,1-3H3. The SMILES string of the molecule is CCOCCCN(CCBr)C(C)C. The smallest absolute Gasteiger partial charge is 0.0478 e. The largest absolute Gasteiger partial charge is 0.382 e. The van der Waals surface area contributed by atoms with Crippen LogP contribution in [0.5, 0.6) is 0 Å². The number of rotatable bonds is 8. The van der Waals surface area contributed by atoms with Gasteiger partial charge in [0, 0.05) is 37.7 Å². The zero-order valence-electron chi connectivity index (χ0n) is 9.05. The van der Waals surface area contributed by atoms with Crippen LogP contribution < -0.4 is 0 Å². The van der Waals surface area contributed by atoms with Crippen molar-refractivity contribution in [2.75, 3.05) is 31.6 Å². The summed E-state index contributed by atoms with van der Waals surface area (Å²) in [5.74, 6) is 0. The average molecular weight is 252 g/mol. The molecule has 0 heterocycles. The van der Waals surface area contributed by atoms with Gasteiger partial charge >= 0.3 is 0 Å². The summed E-state index contributed by atoms with van der Waals surface area (Å²) in [6.07, 6.45) is 1.14. The minimum Gasteiger partial charge on any atom is -0.382 e. The van der Waals surface area contributed by atoms with Gasteiger partial charge in [0.1, 0.15) is 0 Å². The van der Waals surface area contributed by atoms with E-state index in [0.717, 1.165) is 38.1 Å². The molecule has 0 fully saturated rings. The lowest BCUT2D eigenvalue weighted by molar-refractivity contribution is 0.127. The molecule has 0 aromatic rings. The Balaban J connectivity index is 3.45. The number of halogens is 1. The molecular weight excluding hydrogens is 230 g/mol. The van der Waals surface area contributed by atoms with Crippen molar-refractivity contribution in [3.05, 3.63) is 0 Å². The molecule has 0 aliphatic heterocycles. The molecule has 80 valence electrons. The number of nitrogens with zero attached hydrogens (tertiary/aromatic N) is 1. The summed E-state index contributed by atoms with van der Waals surface area (Å²) in [7, 11) is 0. The molecule has 0 aliphatic carbocycles. The van der Waals surface area contributed by atoms with E-state index < -0.39 is 0 Å². The van der Waals surface area contributed by atoms with Gasteiger partial charge in [-0.2, -0.15) is 0 Å². The van der Waals surface area contributed by atoms with E-state index in [1.54, 1.807) is 0 Å². The van der Waals surface area contributed by atoms with Gasteiger partial charge in [-0.3, -0.25) is 0 Å². The first-order chi connectivity index (χ1) is 6.22. The lowest BCUT2D eigenvalue weighted by Gasteiger charge is -2.25. The summed E-state index contributed by atoms with van der Waals surface area (Å²) in [5.41, 5.74) is 0. The molecule has 2 nitrogen and oxygen atoms in total. The van der Waals surface area contributed by atoms with E-state index >= 15 is 0 Å². The Morgan fingerprint density at radius 1 is 1.31 bits per heavy atom. The zero-order chi connectivity index (χ0) is 10.1. The van der Waals surface area contributed by atoms with Crippen LogP contribution in [0.2, 0.25) is 0 Å². The third-order valence-electron chi connectivity index (χ3n) is 2.04. The molecular formula is C10H22BrNO. The molecule has 0 saturated carbocycles. The van der Waals surface area contributed by atoms with Crippen LogP contribution >= 0.6 is 15.9 Å². The Kier molecular flexibility index (Phi) is 9.25. The molecule has 0 unspecified atom stereocenters. The average Bonchev–Trinajstić information content (AvgIpc) is 2.10. The normalized spacial score (nSPS) is 11.5. The molecule has 0 bridgehead atoms. The lowest BCUT2D eigenvalue weighted by Crippen LogP contribution is -2.33.